The minimum Gasteiger partial charge on any atom is -0.423 e. The minimum absolute atomic E-state index is 0.0389. The first-order valence-corrected chi connectivity index (χ1v) is 6.10. The van der Waals surface area contributed by atoms with Crippen LogP contribution in [-0.2, 0) is 6.18 Å². The number of carbonyl (C=O) groups excluding carboxylic acids is 1. The van der Waals surface area contributed by atoms with E-state index in [0.717, 1.165) is 29.5 Å². The molecule has 110 valence electrons. The normalized spacial score (nSPS) is 11.3. The fraction of sp³-hybridized carbons (Fsp3) is 0.200. The summed E-state index contributed by atoms with van der Waals surface area (Å²) < 4.78 is 42.3. The van der Waals surface area contributed by atoms with Crippen LogP contribution in [0.25, 0.3) is 0 Å². The Morgan fingerprint density at radius 3 is 2.38 bits per heavy atom. The van der Waals surface area contributed by atoms with Crippen LogP contribution in [0.2, 0.25) is 0 Å². The van der Waals surface area contributed by atoms with E-state index in [0.29, 0.717) is 5.75 Å². The number of pyridine rings is 1. The number of esters is 1. The number of hydrogen-bond acceptors (Lipinski definition) is 3. The van der Waals surface area contributed by atoms with Crippen molar-refractivity contribution in [1.29, 1.82) is 0 Å². The number of ether oxygens (including phenoxy) is 1. The van der Waals surface area contributed by atoms with Crippen molar-refractivity contribution >= 4 is 5.97 Å². The lowest BCUT2D eigenvalue weighted by molar-refractivity contribution is -0.141. The Morgan fingerprint density at radius 1 is 1.14 bits per heavy atom. The molecule has 0 spiro atoms. The topological polar surface area (TPSA) is 39.2 Å². The van der Waals surface area contributed by atoms with Crippen LogP contribution in [0.15, 0.2) is 36.5 Å². The number of rotatable bonds is 2. The van der Waals surface area contributed by atoms with Crippen molar-refractivity contribution in [2.75, 3.05) is 0 Å². The number of aryl methyl sites for hydroxylation is 2. The smallest absolute Gasteiger partial charge is 0.423 e. The molecule has 0 saturated carbocycles. The molecule has 0 saturated heterocycles. The largest absolute Gasteiger partial charge is 0.433 e. The number of nitrogens with zero attached hydrogens (tertiary/aromatic N) is 1. The number of benzene rings is 1. The van der Waals surface area contributed by atoms with Crippen LogP contribution < -0.4 is 4.74 Å². The van der Waals surface area contributed by atoms with Gasteiger partial charge in [0.15, 0.2) is 0 Å². The average molecular weight is 295 g/mol. The number of halogens is 3. The van der Waals surface area contributed by atoms with Crippen LogP contribution in [-0.4, -0.2) is 11.0 Å². The lowest BCUT2D eigenvalue weighted by Gasteiger charge is -2.09. The van der Waals surface area contributed by atoms with Gasteiger partial charge in [0.25, 0.3) is 0 Å². The zero-order valence-corrected chi connectivity index (χ0v) is 11.4. The van der Waals surface area contributed by atoms with Crippen LogP contribution in [0.1, 0.15) is 27.2 Å². The van der Waals surface area contributed by atoms with Crippen molar-refractivity contribution in [3.63, 3.8) is 0 Å². The zero-order chi connectivity index (χ0) is 15.6. The van der Waals surface area contributed by atoms with Crippen molar-refractivity contribution in [2.24, 2.45) is 0 Å². The van der Waals surface area contributed by atoms with Crippen molar-refractivity contribution in [2.45, 2.75) is 20.0 Å². The van der Waals surface area contributed by atoms with Crippen LogP contribution in [0.5, 0.6) is 5.75 Å². The molecular formula is C15H12F3NO2. The van der Waals surface area contributed by atoms with Gasteiger partial charge in [-0.15, -0.1) is 0 Å². The van der Waals surface area contributed by atoms with Gasteiger partial charge in [0.1, 0.15) is 11.4 Å². The average Bonchev–Trinajstić information content (AvgIpc) is 2.41. The fourth-order valence-corrected chi connectivity index (χ4v) is 1.75. The molecule has 0 N–H and O–H groups in total. The van der Waals surface area contributed by atoms with Crippen LogP contribution in [0.4, 0.5) is 13.2 Å². The van der Waals surface area contributed by atoms with E-state index in [2.05, 4.69) is 4.98 Å². The van der Waals surface area contributed by atoms with E-state index >= 15 is 0 Å². The van der Waals surface area contributed by atoms with Crippen LogP contribution >= 0.6 is 0 Å². The third-order valence-electron chi connectivity index (χ3n) is 2.82. The summed E-state index contributed by atoms with van der Waals surface area (Å²) in [6.45, 7) is 3.68. The summed E-state index contributed by atoms with van der Waals surface area (Å²) in [7, 11) is 0. The molecule has 21 heavy (non-hydrogen) atoms. The van der Waals surface area contributed by atoms with E-state index in [1.165, 1.54) is 0 Å². The first kappa shape index (κ1) is 15.0. The second-order valence-electron chi connectivity index (χ2n) is 4.59. The molecule has 0 aliphatic carbocycles. The molecule has 0 aliphatic heterocycles. The Labute approximate surface area is 119 Å². The minimum atomic E-state index is -4.53. The molecule has 0 amide bonds. The summed E-state index contributed by atoms with van der Waals surface area (Å²) >= 11 is 0. The molecular weight excluding hydrogens is 283 g/mol. The molecule has 3 nitrogen and oxygen atoms in total. The maximum absolute atomic E-state index is 12.4. The number of carbonyl (C=O) groups is 1. The third-order valence-corrected chi connectivity index (χ3v) is 2.82. The predicted octanol–water partition coefficient (Wildman–Crippen LogP) is 3.94. The van der Waals surface area contributed by atoms with Gasteiger partial charge in [0.2, 0.25) is 0 Å². The summed E-state index contributed by atoms with van der Waals surface area (Å²) in [6.07, 6.45) is -3.68. The second-order valence-corrected chi connectivity index (χ2v) is 4.59. The van der Waals surface area contributed by atoms with Gasteiger partial charge in [0, 0.05) is 6.20 Å². The van der Waals surface area contributed by atoms with Crippen LogP contribution in [0.3, 0.4) is 0 Å². The zero-order valence-electron chi connectivity index (χ0n) is 11.4. The molecule has 2 rings (SSSR count). The van der Waals surface area contributed by atoms with E-state index in [1.807, 2.05) is 13.0 Å². The quantitative estimate of drug-likeness (QED) is 0.622. The highest BCUT2D eigenvalue weighted by Crippen LogP contribution is 2.27. The summed E-state index contributed by atoms with van der Waals surface area (Å²) in [6, 6.07) is 7.05. The lowest BCUT2D eigenvalue weighted by Crippen LogP contribution is -2.12. The van der Waals surface area contributed by atoms with Crippen molar-refractivity contribution in [3.05, 3.63) is 58.9 Å². The van der Waals surface area contributed by atoms with E-state index in [4.69, 9.17) is 4.74 Å². The first-order valence-electron chi connectivity index (χ1n) is 6.10. The van der Waals surface area contributed by atoms with Gasteiger partial charge in [-0.05, 0) is 37.6 Å². The molecule has 1 aromatic carbocycles. The molecule has 0 fully saturated rings. The van der Waals surface area contributed by atoms with Gasteiger partial charge < -0.3 is 4.74 Å². The molecule has 1 heterocycles. The van der Waals surface area contributed by atoms with Crippen molar-refractivity contribution < 1.29 is 22.7 Å². The summed E-state index contributed by atoms with van der Waals surface area (Å²) in [5, 5.41) is 0. The molecule has 0 aliphatic rings. The Kier molecular flexibility index (Phi) is 3.97. The number of alkyl halides is 3. The summed E-state index contributed by atoms with van der Waals surface area (Å²) in [5.41, 5.74) is 0.695. The highest BCUT2D eigenvalue weighted by atomic mass is 19.4. The van der Waals surface area contributed by atoms with Crippen molar-refractivity contribution in [3.8, 4) is 5.75 Å². The Morgan fingerprint density at radius 2 is 1.86 bits per heavy atom. The third kappa shape index (κ3) is 3.59. The highest BCUT2D eigenvalue weighted by molar-refractivity contribution is 5.90. The molecule has 1 aromatic heterocycles. The Balaban J connectivity index is 2.17. The SMILES string of the molecule is Cc1ccc(OC(=O)c2ccc(C(F)(F)F)nc2)c(C)c1. The maximum Gasteiger partial charge on any atom is 0.433 e. The molecule has 0 bridgehead atoms. The lowest BCUT2D eigenvalue weighted by atomic mass is 10.1. The van der Waals surface area contributed by atoms with Gasteiger partial charge in [-0.25, -0.2) is 4.79 Å². The number of aromatic nitrogens is 1. The molecule has 2 aromatic rings. The fourth-order valence-electron chi connectivity index (χ4n) is 1.75. The van der Waals surface area contributed by atoms with Gasteiger partial charge in [-0.2, -0.15) is 13.2 Å². The Hall–Kier alpha value is -2.37. The van der Waals surface area contributed by atoms with E-state index < -0.39 is 17.8 Å². The molecule has 0 unspecified atom stereocenters. The maximum atomic E-state index is 12.4. The summed E-state index contributed by atoms with van der Waals surface area (Å²) in [4.78, 5) is 15.1. The van der Waals surface area contributed by atoms with E-state index in [9.17, 15) is 18.0 Å². The van der Waals surface area contributed by atoms with Gasteiger partial charge >= 0.3 is 12.1 Å². The molecule has 6 heteroatoms. The summed E-state index contributed by atoms with van der Waals surface area (Å²) in [5.74, 6) is -0.381. The van der Waals surface area contributed by atoms with Crippen molar-refractivity contribution in [1.82, 2.24) is 4.98 Å². The second kappa shape index (κ2) is 5.55. The van der Waals surface area contributed by atoms with Gasteiger partial charge in [-0.1, -0.05) is 17.7 Å². The van der Waals surface area contributed by atoms with Gasteiger partial charge in [-0.3, -0.25) is 4.98 Å². The first-order chi connectivity index (χ1) is 9.77. The number of hydrogen-bond donors (Lipinski definition) is 0. The van der Waals surface area contributed by atoms with Crippen LogP contribution in [0, 0.1) is 13.8 Å². The molecule has 0 radical (unpaired) electrons. The van der Waals surface area contributed by atoms with E-state index in [-0.39, 0.29) is 5.56 Å². The van der Waals surface area contributed by atoms with E-state index in [1.54, 1.807) is 19.1 Å². The Bertz CT molecular complexity index is 664. The van der Waals surface area contributed by atoms with Gasteiger partial charge in [0.05, 0.1) is 5.56 Å². The monoisotopic (exact) mass is 295 g/mol. The highest BCUT2D eigenvalue weighted by Gasteiger charge is 2.32. The molecule has 0 atom stereocenters. The predicted molar refractivity (Wildman–Crippen MR) is 70.1 cm³/mol. The standard InChI is InChI=1S/C15H12F3NO2/c1-9-3-5-12(10(2)7-9)21-14(20)11-4-6-13(19-8-11)15(16,17)18/h3-8H,1-2H3.